The van der Waals surface area contributed by atoms with Gasteiger partial charge in [-0.3, -0.25) is 0 Å². The van der Waals surface area contributed by atoms with Crippen molar-refractivity contribution in [2.75, 3.05) is 25.1 Å². The van der Waals surface area contributed by atoms with E-state index < -0.39 is 0 Å². The number of rotatable bonds is 9. The van der Waals surface area contributed by atoms with Crippen molar-refractivity contribution in [1.82, 2.24) is 4.98 Å². The molecule has 3 aromatic rings. The average Bonchev–Trinajstić information content (AvgIpc) is 3.31. The van der Waals surface area contributed by atoms with Crippen LogP contribution in [0, 0.1) is 11.3 Å². The molecule has 0 spiro atoms. The van der Waals surface area contributed by atoms with Gasteiger partial charge < -0.3 is 9.64 Å². The number of nitriles is 1. The van der Waals surface area contributed by atoms with Gasteiger partial charge in [0.1, 0.15) is 5.75 Å². The maximum Gasteiger partial charge on any atom is 0.185 e. The average molecular weight is 422 g/mol. The van der Waals surface area contributed by atoms with E-state index >= 15 is 0 Å². The van der Waals surface area contributed by atoms with Crippen molar-refractivity contribution in [2.45, 2.75) is 40.0 Å². The van der Waals surface area contributed by atoms with E-state index in [1.807, 2.05) is 62.4 Å². The number of unbranched alkanes of at least 4 members (excludes halogenated alkanes) is 1. The molecule has 0 atom stereocenters. The second-order valence-electron chi connectivity index (χ2n) is 6.64. The van der Waals surface area contributed by atoms with Gasteiger partial charge in [-0.1, -0.05) is 39.3 Å². The first-order valence-corrected chi connectivity index (χ1v) is 11.5. The van der Waals surface area contributed by atoms with Gasteiger partial charge in [0, 0.05) is 24.0 Å². The Balaban J connectivity index is 0.00000155. The molecule has 0 N–H and O–H groups in total. The van der Waals surface area contributed by atoms with Crippen molar-refractivity contribution in [2.24, 2.45) is 0 Å². The summed E-state index contributed by atoms with van der Waals surface area (Å²) in [7, 11) is 1.68. The number of ether oxygens (including phenoxy) is 1. The van der Waals surface area contributed by atoms with Gasteiger partial charge in [0.2, 0.25) is 0 Å². The van der Waals surface area contributed by atoms with Crippen LogP contribution in [0.2, 0.25) is 0 Å². The molecule has 0 fully saturated rings. The number of thiazole rings is 1. The molecule has 0 amide bonds. The van der Waals surface area contributed by atoms with E-state index in [2.05, 4.69) is 23.3 Å². The summed E-state index contributed by atoms with van der Waals surface area (Å²) in [6.07, 6.45) is 3.24. The van der Waals surface area contributed by atoms with Crippen LogP contribution in [-0.2, 0) is 6.42 Å². The first-order valence-electron chi connectivity index (χ1n) is 10.6. The molecule has 0 aliphatic rings. The lowest BCUT2D eigenvalue weighted by Crippen LogP contribution is -2.26. The predicted octanol–water partition coefficient (Wildman–Crippen LogP) is 6.57. The fourth-order valence-electron chi connectivity index (χ4n) is 2.97. The molecule has 3 rings (SSSR count). The highest BCUT2D eigenvalue weighted by atomic mass is 32.1. The SMILES string of the molecule is CC.CCCCN(CCc1ccc(C#N)cc1)c1nc(-c2ccc(OC)cc2)cs1. The first kappa shape index (κ1) is 23.4. The van der Waals surface area contributed by atoms with Crippen LogP contribution in [0.3, 0.4) is 0 Å². The van der Waals surface area contributed by atoms with Gasteiger partial charge in [0.15, 0.2) is 5.13 Å². The minimum Gasteiger partial charge on any atom is -0.497 e. The molecular weight excluding hydrogens is 390 g/mol. The third-order valence-corrected chi connectivity index (χ3v) is 5.58. The van der Waals surface area contributed by atoms with E-state index in [-0.39, 0.29) is 0 Å². The molecular formula is C25H31N3OS. The van der Waals surface area contributed by atoms with Crippen molar-refractivity contribution in [3.63, 3.8) is 0 Å². The number of nitrogens with zero attached hydrogens (tertiary/aromatic N) is 3. The maximum atomic E-state index is 8.95. The third-order valence-electron chi connectivity index (χ3n) is 4.68. The molecule has 2 aromatic carbocycles. The maximum absolute atomic E-state index is 8.95. The van der Waals surface area contributed by atoms with Crippen molar-refractivity contribution < 1.29 is 4.74 Å². The Morgan fingerprint density at radius 1 is 1.03 bits per heavy atom. The van der Waals surface area contributed by atoms with Gasteiger partial charge in [0.25, 0.3) is 0 Å². The number of methoxy groups -OCH3 is 1. The topological polar surface area (TPSA) is 49.2 Å². The zero-order valence-corrected chi connectivity index (χ0v) is 19.2. The van der Waals surface area contributed by atoms with Gasteiger partial charge in [-0.2, -0.15) is 5.26 Å². The van der Waals surface area contributed by atoms with Gasteiger partial charge in [-0.15, -0.1) is 11.3 Å². The Hall–Kier alpha value is -2.84. The number of benzene rings is 2. The van der Waals surface area contributed by atoms with E-state index in [1.165, 1.54) is 5.56 Å². The van der Waals surface area contributed by atoms with Crippen LogP contribution in [-0.4, -0.2) is 25.2 Å². The van der Waals surface area contributed by atoms with Crippen LogP contribution < -0.4 is 9.64 Å². The van der Waals surface area contributed by atoms with Crippen molar-refractivity contribution in [1.29, 1.82) is 5.26 Å². The molecule has 0 bridgehead atoms. The van der Waals surface area contributed by atoms with Crippen LogP contribution in [0.25, 0.3) is 11.3 Å². The van der Waals surface area contributed by atoms with Crippen LogP contribution >= 0.6 is 11.3 Å². The minimum atomic E-state index is 0.704. The molecule has 1 heterocycles. The molecule has 0 aliphatic carbocycles. The van der Waals surface area contributed by atoms with E-state index in [4.69, 9.17) is 15.0 Å². The molecule has 0 aliphatic heterocycles. The summed E-state index contributed by atoms with van der Waals surface area (Å²) in [5.74, 6) is 0.853. The number of hydrogen-bond donors (Lipinski definition) is 0. The van der Waals surface area contributed by atoms with Gasteiger partial charge in [0.05, 0.1) is 24.4 Å². The summed E-state index contributed by atoms with van der Waals surface area (Å²) in [5, 5.41) is 12.1. The smallest absolute Gasteiger partial charge is 0.185 e. The highest BCUT2D eigenvalue weighted by Gasteiger charge is 2.12. The third kappa shape index (κ3) is 6.60. The summed E-state index contributed by atoms with van der Waals surface area (Å²) < 4.78 is 5.24. The van der Waals surface area contributed by atoms with Crippen LogP contribution in [0.4, 0.5) is 5.13 Å². The normalized spacial score (nSPS) is 9.97. The Bertz CT molecular complexity index is 911. The van der Waals surface area contributed by atoms with E-state index in [1.54, 1.807) is 18.4 Å². The van der Waals surface area contributed by atoms with Crippen LogP contribution in [0.5, 0.6) is 5.75 Å². The van der Waals surface area contributed by atoms with Gasteiger partial charge in [-0.05, 0) is 54.8 Å². The summed E-state index contributed by atoms with van der Waals surface area (Å²) in [6, 6.07) is 18.1. The summed E-state index contributed by atoms with van der Waals surface area (Å²) >= 11 is 1.69. The van der Waals surface area contributed by atoms with E-state index in [0.717, 1.165) is 54.5 Å². The summed E-state index contributed by atoms with van der Waals surface area (Å²) in [5.41, 5.74) is 4.05. The van der Waals surface area contributed by atoms with Crippen molar-refractivity contribution in [3.8, 4) is 23.1 Å². The minimum absolute atomic E-state index is 0.704. The standard InChI is InChI=1S/C23H25N3OS.C2H6/c1-3-4-14-26(15-13-18-5-7-19(16-24)8-6-18)23-25-22(17-28-23)20-9-11-21(27-2)12-10-20;1-2/h5-12,17H,3-4,13-15H2,1-2H3;1-2H3. The summed E-state index contributed by atoms with van der Waals surface area (Å²) in [6.45, 7) is 8.13. The fraction of sp³-hybridized carbons (Fsp3) is 0.360. The first-order chi connectivity index (χ1) is 14.7. The zero-order chi connectivity index (χ0) is 21.8. The van der Waals surface area contributed by atoms with Gasteiger partial charge >= 0.3 is 0 Å². The Morgan fingerprint density at radius 2 is 1.73 bits per heavy atom. The molecule has 0 unspecified atom stereocenters. The van der Waals surface area contributed by atoms with E-state index in [0.29, 0.717) is 5.56 Å². The van der Waals surface area contributed by atoms with Crippen LogP contribution in [0.15, 0.2) is 53.9 Å². The zero-order valence-electron chi connectivity index (χ0n) is 18.4. The van der Waals surface area contributed by atoms with Crippen molar-refractivity contribution >= 4 is 16.5 Å². The van der Waals surface area contributed by atoms with E-state index in [9.17, 15) is 0 Å². The quantitative estimate of drug-likeness (QED) is 0.392. The molecule has 158 valence electrons. The second-order valence-corrected chi connectivity index (χ2v) is 7.48. The molecule has 1 aromatic heterocycles. The highest BCUT2D eigenvalue weighted by Crippen LogP contribution is 2.29. The largest absolute Gasteiger partial charge is 0.497 e. The van der Waals surface area contributed by atoms with Crippen molar-refractivity contribution in [3.05, 3.63) is 65.0 Å². The lowest BCUT2D eigenvalue weighted by Gasteiger charge is -2.21. The number of aromatic nitrogens is 1. The fourth-order valence-corrected chi connectivity index (χ4v) is 3.85. The number of hydrogen-bond acceptors (Lipinski definition) is 5. The van der Waals surface area contributed by atoms with Gasteiger partial charge in [-0.25, -0.2) is 4.98 Å². The Morgan fingerprint density at radius 3 is 2.33 bits per heavy atom. The lowest BCUT2D eigenvalue weighted by atomic mass is 10.1. The Labute approximate surface area is 184 Å². The summed E-state index contributed by atoms with van der Waals surface area (Å²) in [4.78, 5) is 7.26. The monoisotopic (exact) mass is 421 g/mol. The molecule has 5 heteroatoms. The highest BCUT2D eigenvalue weighted by molar-refractivity contribution is 7.14. The second kappa shape index (κ2) is 12.7. The molecule has 0 saturated heterocycles. The Kier molecular flexibility index (Phi) is 9.90. The molecule has 0 radical (unpaired) electrons. The lowest BCUT2D eigenvalue weighted by molar-refractivity contribution is 0.415. The number of anilines is 1. The molecule has 30 heavy (non-hydrogen) atoms. The predicted molar refractivity (Wildman–Crippen MR) is 127 cm³/mol. The molecule has 0 saturated carbocycles. The molecule has 4 nitrogen and oxygen atoms in total. The van der Waals surface area contributed by atoms with Crippen LogP contribution in [0.1, 0.15) is 44.7 Å².